The quantitative estimate of drug-likeness (QED) is 0.511. The van der Waals surface area contributed by atoms with Crippen LogP contribution in [-0.2, 0) is 0 Å². The summed E-state index contributed by atoms with van der Waals surface area (Å²) in [6.07, 6.45) is -3.60. The number of likely N-dealkylation sites (N-methyl/N-ethyl adjacent to an activating group) is 1. The summed E-state index contributed by atoms with van der Waals surface area (Å²) >= 11 is 0. The normalized spacial score (nSPS) is 12.9. The number of hydrogen-bond acceptors (Lipinski definition) is 2. The molecule has 0 aromatic heterocycles. The van der Waals surface area contributed by atoms with Crippen LogP contribution in [0.25, 0.3) is 0 Å². The van der Waals surface area contributed by atoms with E-state index in [-0.39, 0.29) is 6.54 Å². The minimum Gasteiger partial charge on any atom is -0.310 e. The second-order valence-electron chi connectivity index (χ2n) is 3.13. The van der Waals surface area contributed by atoms with E-state index in [0.29, 0.717) is 6.54 Å². The molecule has 0 aliphatic heterocycles. The maximum Gasteiger partial charge on any atom is 0.319 e. The lowest BCUT2D eigenvalue weighted by Gasteiger charge is -2.18. The van der Waals surface area contributed by atoms with Crippen molar-refractivity contribution in [3.05, 3.63) is 0 Å². The van der Waals surface area contributed by atoms with E-state index in [1.54, 1.807) is 0 Å². The van der Waals surface area contributed by atoms with E-state index in [2.05, 4.69) is 5.32 Å². The maximum absolute atomic E-state index is 12.3. The lowest BCUT2D eigenvalue weighted by molar-refractivity contribution is -0.125. The SMILES string of the molecule is CCN(C)CCNCC(F)(F)C(F)F. The monoisotopic (exact) mass is 216 g/mol. The zero-order chi connectivity index (χ0) is 11.2. The van der Waals surface area contributed by atoms with E-state index >= 15 is 0 Å². The lowest BCUT2D eigenvalue weighted by atomic mass is 10.3. The molecule has 0 rings (SSSR count). The first kappa shape index (κ1) is 13.6. The maximum atomic E-state index is 12.3. The molecule has 0 radical (unpaired) electrons. The predicted octanol–water partition coefficient (Wildman–Crippen LogP) is 1.43. The van der Waals surface area contributed by atoms with Crippen LogP contribution in [0.15, 0.2) is 0 Å². The van der Waals surface area contributed by atoms with Gasteiger partial charge in [-0.15, -0.1) is 0 Å². The number of nitrogens with zero attached hydrogens (tertiary/aromatic N) is 1. The van der Waals surface area contributed by atoms with Crippen molar-refractivity contribution in [2.75, 3.05) is 33.2 Å². The zero-order valence-electron chi connectivity index (χ0n) is 8.36. The summed E-state index contributed by atoms with van der Waals surface area (Å²) in [5.41, 5.74) is 0. The summed E-state index contributed by atoms with van der Waals surface area (Å²) in [6, 6.07) is 0. The third-order valence-electron chi connectivity index (χ3n) is 1.89. The van der Waals surface area contributed by atoms with E-state index in [1.165, 1.54) is 0 Å². The molecule has 0 aliphatic rings. The largest absolute Gasteiger partial charge is 0.319 e. The number of hydrogen-bond donors (Lipinski definition) is 1. The molecule has 0 bridgehead atoms. The summed E-state index contributed by atoms with van der Waals surface area (Å²) in [6.45, 7) is 2.60. The molecule has 0 unspecified atom stereocenters. The minimum atomic E-state index is -3.93. The van der Waals surface area contributed by atoms with Gasteiger partial charge in [-0.05, 0) is 13.6 Å². The Balaban J connectivity index is 3.54. The van der Waals surface area contributed by atoms with Crippen molar-refractivity contribution in [2.24, 2.45) is 0 Å². The predicted molar refractivity (Wildman–Crippen MR) is 47.0 cm³/mol. The molecule has 0 atom stereocenters. The Morgan fingerprint density at radius 3 is 2.36 bits per heavy atom. The molecule has 0 aromatic rings. The lowest BCUT2D eigenvalue weighted by Crippen LogP contribution is -2.41. The standard InChI is InChI=1S/C8H16F4N2/c1-3-14(2)5-4-13-6-8(11,12)7(9)10/h7,13H,3-6H2,1-2H3. The van der Waals surface area contributed by atoms with E-state index in [0.717, 1.165) is 6.54 Å². The Hall–Kier alpha value is -0.360. The first-order chi connectivity index (χ1) is 6.40. The van der Waals surface area contributed by atoms with Gasteiger partial charge in [0.25, 0.3) is 0 Å². The van der Waals surface area contributed by atoms with Crippen LogP contribution < -0.4 is 5.32 Å². The van der Waals surface area contributed by atoms with Crippen LogP contribution in [0.3, 0.4) is 0 Å². The number of rotatable bonds is 7. The van der Waals surface area contributed by atoms with Gasteiger partial charge in [0.1, 0.15) is 0 Å². The highest BCUT2D eigenvalue weighted by Gasteiger charge is 2.39. The van der Waals surface area contributed by atoms with Gasteiger partial charge in [0.2, 0.25) is 0 Å². The van der Waals surface area contributed by atoms with Gasteiger partial charge < -0.3 is 10.2 Å². The highest BCUT2D eigenvalue weighted by molar-refractivity contribution is 4.72. The van der Waals surface area contributed by atoms with Crippen LogP contribution in [0.1, 0.15) is 6.92 Å². The molecule has 0 aliphatic carbocycles. The third-order valence-corrected chi connectivity index (χ3v) is 1.89. The fraction of sp³-hybridized carbons (Fsp3) is 1.00. The van der Waals surface area contributed by atoms with Gasteiger partial charge in [0.05, 0.1) is 6.54 Å². The molecule has 0 saturated heterocycles. The Kier molecular flexibility index (Phi) is 6.03. The fourth-order valence-corrected chi connectivity index (χ4v) is 0.760. The summed E-state index contributed by atoms with van der Waals surface area (Å²) < 4.78 is 48.0. The molecule has 0 aromatic carbocycles. The van der Waals surface area contributed by atoms with Crippen molar-refractivity contribution in [1.29, 1.82) is 0 Å². The van der Waals surface area contributed by atoms with Crippen LogP contribution in [0.5, 0.6) is 0 Å². The van der Waals surface area contributed by atoms with Crippen LogP contribution in [-0.4, -0.2) is 50.5 Å². The van der Waals surface area contributed by atoms with E-state index in [1.807, 2.05) is 18.9 Å². The van der Waals surface area contributed by atoms with Crippen molar-refractivity contribution in [2.45, 2.75) is 19.3 Å². The van der Waals surface area contributed by atoms with Gasteiger partial charge in [0.15, 0.2) is 0 Å². The highest BCUT2D eigenvalue weighted by Crippen LogP contribution is 2.21. The average Bonchev–Trinajstić information content (AvgIpc) is 2.11. The van der Waals surface area contributed by atoms with Crippen LogP contribution >= 0.6 is 0 Å². The van der Waals surface area contributed by atoms with Crippen molar-refractivity contribution >= 4 is 0 Å². The molecule has 6 heteroatoms. The fourth-order valence-electron chi connectivity index (χ4n) is 0.760. The second kappa shape index (κ2) is 6.19. The van der Waals surface area contributed by atoms with Gasteiger partial charge in [-0.2, -0.15) is 8.78 Å². The molecule has 2 nitrogen and oxygen atoms in total. The zero-order valence-corrected chi connectivity index (χ0v) is 8.36. The van der Waals surface area contributed by atoms with Gasteiger partial charge >= 0.3 is 12.3 Å². The van der Waals surface area contributed by atoms with E-state index in [9.17, 15) is 17.6 Å². The van der Waals surface area contributed by atoms with Gasteiger partial charge in [0, 0.05) is 13.1 Å². The van der Waals surface area contributed by atoms with Gasteiger partial charge in [-0.1, -0.05) is 6.92 Å². The Morgan fingerprint density at radius 1 is 1.36 bits per heavy atom. The van der Waals surface area contributed by atoms with Crippen molar-refractivity contribution in [3.63, 3.8) is 0 Å². The summed E-state index contributed by atoms with van der Waals surface area (Å²) in [4.78, 5) is 1.90. The molecule has 14 heavy (non-hydrogen) atoms. The van der Waals surface area contributed by atoms with Crippen LogP contribution in [0.2, 0.25) is 0 Å². The third kappa shape index (κ3) is 5.39. The topological polar surface area (TPSA) is 15.3 Å². The van der Waals surface area contributed by atoms with E-state index < -0.39 is 18.9 Å². The van der Waals surface area contributed by atoms with Crippen molar-refractivity contribution in [3.8, 4) is 0 Å². The Labute approximate surface area is 81.3 Å². The summed E-state index contributed by atoms with van der Waals surface area (Å²) in [5, 5.41) is 2.30. The number of nitrogens with one attached hydrogen (secondary N) is 1. The Bertz CT molecular complexity index is 152. The second-order valence-corrected chi connectivity index (χ2v) is 3.13. The average molecular weight is 216 g/mol. The molecule has 0 spiro atoms. The molecule has 0 fully saturated rings. The summed E-state index contributed by atoms with van der Waals surface area (Å²) in [7, 11) is 1.83. The molecule has 0 heterocycles. The highest BCUT2D eigenvalue weighted by atomic mass is 19.3. The Morgan fingerprint density at radius 2 is 1.93 bits per heavy atom. The minimum absolute atomic E-state index is 0.284. The molecular weight excluding hydrogens is 200 g/mol. The first-order valence-electron chi connectivity index (χ1n) is 4.45. The van der Waals surface area contributed by atoms with Gasteiger partial charge in [-0.25, -0.2) is 8.78 Å². The van der Waals surface area contributed by atoms with Crippen molar-refractivity contribution in [1.82, 2.24) is 10.2 Å². The first-order valence-corrected chi connectivity index (χ1v) is 4.45. The number of halogens is 4. The number of alkyl halides is 4. The smallest absolute Gasteiger partial charge is 0.310 e. The van der Waals surface area contributed by atoms with E-state index in [4.69, 9.17) is 0 Å². The molecule has 0 saturated carbocycles. The van der Waals surface area contributed by atoms with Crippen LogP contribution in [0, 0.1) is 0 Å². The summed E-state index contributed by atoms with van der Waals surface area (Å²) in [5.74, 6) is -3.93. The molecule has 1 N–H and O–H groups in total. The molecule has 86 valence electrons. The van der Waals surface area contributed by atoms with Gasteiger partial charge in [-0.3, -0.25) is 0 Å². The molecule has 0 amide bonds. The molecular formula is C8H16F4N2. The van der Waals surface area contributed by atoms with Crippen LogP contribution in [0.4, 0.5) is 17.6 Å². The van der Waals surface area contributed by atoms with Crippen molar-refractivity contribution < 1.29 is 17.6 Å².